The predicted molar refractivity (Wildman–Crippen MR) is 62.1 cm³/mol. The van der Waals surface area contributed by atoms with Crippen LogP contribution in [0.15, 0.2) is 0 Å². The maximum Gasteiger partial charge on any atom is 0.211 e. The van der Waals surface area contributed by atoms with E-state index >= 15 is 0 Å². The molecule has 2 unspecified atom stereocenters. The van der Waals surface area contributed by atoms with Gasteiger partial charge in [0.05, 0.1) is 5.75 Å². The Morgan fingerprint density at radius 3 is 2.60 bits per heavy atom. The monoisotopic (exact) mass is 234 g/mol. The lowest BCUT2D eigenvalue weighted by Crippen LogP contribution is -2.49. The van der Waals surface area contributed by atoms with E-state index in [1.54, 1.807) is 0 Å². The van der Waals surface area contributed by atoms with E-state index in [1.165, 1.54) is 0 Å². The molecule has 0 aromatic heterocycles. The van der Waals surface area contributed by atoms with Gasteiger partial charge in [0, 0.05) is 12.1 Å². The number of unbranched alkanes of at least 4 members (excludes halogenated alkanes) is 1. The summed E-state index contributed by atoms with van der Waals surface area (Å²) in [5.74, 6) is 0.229. The van der Waals surface area contributed by atoms with Crippen LogP contribution in [0, 0.1) is 0 Å². The Morgan fingerprint density at radius 2 is 2.00 bits per heavy atom. The van der Waals surface area contributed by atoms with Crippen molar-refractivity contribution in [1.82, 2.24) is 4.72 Å². The molecule has 1 saturated carbocycles. The molecule has 4 nitrogen and oxygen atoms in total. The summed E-state index contributed by atoms with van der Waals surface area (Å²) in [5.41, 5.74) is 5.89. The minimum absolute atomic E-state index is 0.00449. The highest BCUT2D eigenvalue weighted by molar-refractivity contribution is 7.89. The molecule has 90 valence electrons. The van der Waals surface area contributed by atoms with Gasteiger partial charge in [-0.25, -0.2) is 13.1 Å². The molecule has 0 saturated heterocycles. The van der Waals surface area contributed by atoms with Gasteiger partial charge in [0.2, 0.25) is 10.0 Å². The highest BCUT2D eigenvalue weighted by Gasteiger charge is 2.25. The summed E-state index contributed by atoms with van der Waals surface area (Å²) < 4.78 is 26.0. The molecular formula is C10H22N2O2S. The van der Waals surface area contributed by atoms with Crippen molar-refractivity contribution in [1.29, 1.82) is 0 Å². The fourth-order valence-electron chi connectivity index (χ4n) is 1.93. The smallest absolute Gasteiger partial charge is 0.211 e. The molecule has 1 aliphatic carbocycles. The molecule has 0 bridgehead atoms. The molecule has 5 heteroatoms. The second kappa shape index (κ2) is 5.82. The van der Waals surface area contributed by atoms with Crippen LogP contribution in [0.5, 0.6) is 0 Å². The molecule has 0 amide bonds. The molecule has 0 aliphatic heterocycles. The summed E-state index contributed by atoms with van der Waals surface area (Å²) in [5, 5.41) is 0. The van der Waals surface area contributed by atoms with E-state index in [0.29, 0.717) is 0 Å². The highest BCUT2D eigenvalue weighted by Crippen LogP contribution is 2.17. The van der Waals surface area contributed by atoms with Crippen molar-refractivity contribution >= 4 is 10.0 Å². The van der Waals surface area contributed by atoms with Gasteiger partial charge in [-0.2, -0.15) is 0 Å². The number of rotatable bonds is 5. The summed E-state index contributed by atoms with van der Waals surface area (Å²) in [4.78, 5) is 0. The Kier molecular flexibility index (Phi) is 5.02. The quantitative estimate of drug-likeness (QED) is 0.744. The Hall–Kier alpha value is -0.130. The minimum atomic E-state index is -3.11. The molecule has 0 radical (unpaired) electrons. The zero-order chi connectivity index (χ0) is 11.3. The van der Waals surface area contributed by atoms with E-state index < -0.39 is 10.0 Å². The average molecular weight is 234 g/mol. The van der Waals surface area contributed by atoms with Crippen molar-refractivity contribution in [3.8, 4) is 0 Å². The zero-order valence-corrected chi connectivity index (χ0v) is 10.2. The Balaban J connectivity index is 2.44. The van der Waals surface area contributed by atoms with Crippen LogP contribution in [-0.2, 0) is 10.0 Å². The normalized spacial score (nSPS) is 27.9. The van der Waals surface area contributed by atoms with Gasteiger partial charge >= 0.3 is 0 Å². The fourth-order valence-corrected chi connectivity index (χ4v) is 3.47. The maximum absolute atomic E-state index is 11.6. The Labute approximate surface area is 92.7 Å². The first-order valence-electron chi connectivity index (χ1n) is 5.81. The van der Waals surface area contributed by atoms with E-state index in [4.69, 9.17) is 5.73 Å². The second-order valence-electron chi connectivity index (χ2n) is 4.35. The SMILES string of the molecule is CCCCS(=O)(=O)NC1CCCCC1N. The van der Waals surface area contributed by atoms with Crippen molar-refractivity contribution in [2.75, 3.05) is 5.75 Å². The van der Waals surface area contributed by atoms with Crippen LogP contribution in [0.3, 0.4) is 0 Å². The third-order valence-corrected chi connectivity index (χ3v) is 4.40. The van der Waals surface area contributed by atoms with Gasteiger partial charge in [-0.3, -0.25) is 0 Å². The van der Waals surface area contributed by atoms with Crippen molar-refractivity contribution < 1.29 is 8.42 Å². The summed E-state index contributed by atoms with van der Waals surface area (Å²) in [7, 11) is -3.11. The van der Waals surface area contributed by atoms with Crippen LogP contribution in [-0.4, -0.2) is 26.3 Å². The molecule has 2 atom stereocenters. The molecule has 15 heavy (non-hydrogen) atoms. The van der Waals surface area contributed by atoms with Crippen molar-refractivity contribution in [3.63, 3.8) is 0 Å². The second-order valence-corrected chi connectivity index (χ2v) is 6.22. The molecule has 0 spiro atoms. The molecule has 3 N–H and O–H groups in total. The first kappa shape index (κ1) is 12.9. The van der Waals surface area contributed by atoms with E-state index in [1.807, 2.05) is 6.92 Å². The van der Waals surface area contributed by atoms with Crippen LogP contribution in [0.4, 0.5) is 0 Å². The predicted octanol–water partition coefficient (Wildman–Crippen LogP) is 0.976. The van der Waals surface area contributed by atoms with Gasteiger partial charge in [0.1, 0.15) is 0 Å². The van der Waals surface area contributed by atoms with Gasteiger partial charge in [-0.15, -0.1) is 0 Å². The topological polar surface area (TPSA) is 72.2 Å². The summed E-state index contributed by atoms with van der Waals surface area (Å²) >= 11 is 0. The standard InChI is InChI=1S/C10H22N2O2S/c1-2-3-8-15(13,14)12-10-7-5-4-6-9(10)11/h9-10,12H,2-8,11H2,1H3. The molecular weight excluding hydrogens is 212 g/mol. The van der Waals surface area contributed by atoms with Gasteiger partial charge in [-0.05, 0) is 19.3 Å². The summed E-state index contributed by atoms with van der Waals surface area (Å²) in [6.45, 7) is 1.99. The first-order valence-corrected chi connectivity index (χ1v) is 7.46. The van der Waals surface area contributed by atoms with Gasteiger partial charge in [0.25, 0.3) is 0 Å². The summed E-state index contributed by atoms with van der Waals surface area (Å²) in [6.07, 6.45) is 5.63. The van der Waals surface area contributed by atoms with E-state index in [0.717, 1.165) is 38.5 Å². The van der Waals surface area contributed by atoms with Crippen LogP contribution in [0.2, 0.25) is 0 Å². The van der Waals surface area contributed by atoms with Crippen LogP contribution < -0.4 is 10.5 Å². The third kappa shape index (κ3) is 4.49. The molecule has 1 rings (SSSR count). The number of sulfonamides is 1. The summed E-state index contributed by atoms with van der Waals surface area (Å²) in [6, 6.07) is -0.0456. The number of nitrogens with one attached hydrogen (secondary N) is 1. The lowest BCUT2D eigenvalue weighted by atomic mass is 9.92. The van der Waals surface area contributed by atoms with Gasteiger partial charge in [-0.1, -0.05) is 26.2 Å². The first-order chi connectivity index (χ1) is 7.05. The highest BCUT2D eigenvalue weighted by atomic mass is 32.2. The van der Waals surface area contributed by atoms with Crippen molar-refractivity contribution in [2.45, 2.75) is 57.5 Å². The molecule has 0 aromatic carbocycles. The third-order valence-electron chi connectivity index (χ3n) is 2.92. The van der Waals surface area contributed by atoms with Crippen LogP contribution in [0.1, 0.15) is 45.4 Å². The fraction of sp³-hybridized carbons (Fsp3) is 1.00. The largest absolute Gasteiger partial charge is 0.326 e. The van der Waals surface area contributed by atoms with E-state index in [-0.39, 0.29) is 17.8 Å². The molecule has 1 fully saturated rings. The lowest BCUT2D eigenvalue weighted by Gasteiger charge is -2.28. The molecule has 0 heterocycles. The average Bonchev–Trinajstić information content (AvgIpc) is 2.18. The Morgan fingerprint density at radius 1 is 1.33 bits per heavy atom. The number of nitrogens with two attached hydrogens (primary N) is 1. The lowest BCUT2D eigenvalue weighted by molar-refractivity contribution is 0.361. The minimum Gasteiger partial charge on any atom is -0.326 e. The molecule has 0 aromatic rings. The van der Waals surface area contributed by atoms with E-state index in [9.17, 15) is 8.42 Å². The van der Waals surface area contributed by atoms with Crippen LogP contribution >= 0.6 is 0 Å². The van der Waals surface area contributed by atoms with E-state index in [2.05, 4.69) is 4.72 Å². The van der Waals surface area contributed by atoms with Gasteiger partial charge < -0.3 is 5.73 Å². The van der Waals surface area contributed by atoms with Crippen molar-refractivity contribution in [2.24, 2.45) is 5.73 Å². The molecule has 1 aliphatic rings. The van der Waals surface area contributed by atoms with Gasteiger partial charge in [0.15, 0.2) is 0 Å². The number of hydrogen-bond acceptors (Lipinski definition) is 3. The zero-order valence-electron chi connectivity index (χ0n) is 9.41. The number of hydrogen-bond donors (Lipinski definition) is 2. The van der Waals surface area contributed by atoms with Crippen molar-refractivity contribution in [3.05, 3.63) is 0 Å². The maximum atomic E-state index is 11.6. The van der Waals surface area contributed by atoms with Crippen LogP contribution in [0.25, 0.3) is 0 Å². The Bertz CT molecular complexity index is 277.